The second kappa shape index (κ2) is 4.65. The molecule has 0 heterocycles. The summed E-state index contributed by atoms with van der Waals surface area (Å²) >= 11 is 0. The lowest BCUT2D eigenvalue weighted by Crippen LogP contribution is -2.12. The molecule has 0 spiro atoms. The lowest BCUT2D eigenvalue weighted by atomic mass is 9.85. The predicted octanol–water partition coefficient (Wildman–Crippen LogP) is 4.05. The van der Waals surface area contributed by atoms with Gasteiger partial charge < -0.3 is 0 Å². The van der Waals surface area contributed by atoms with Crippen molar-refractivity contribution in [2.24, 2.45) is 0 Å². The number of allylic oxidation sites excluding steroid dienone is 2. The van der Waals surface area contributed by atoms with Crippen molar-refractivity contribution in [1.82, 2.24) is 0 Å². The minimum Gasteiger partial charge on any atom is -0.289 e. The number of hydrogen-bond acceptors (Lipinski definition) is 1. The van der Waals surface area contributed by atoms with E-state index in [1.807, 2.05) is 26.0 Å². The topological polar surface area (TPSA) is 17.1 Å². The SMILES string of the molecule is C/C=C/C(=O)c1cc(C(C)(C)C)ccc1C. The number of rotatable bonds is 2. The Morgan fingerprint density at radius 3 is 2.38 bits per heavy atom. The molecule has 1 aromatic carbocycles. The molecule has 1 rings (SSSR count). The summed E-state index contributed by atoms with van der Waals surface area (Å²) in [5.41, 5.74) is 3.13. The third-order valence-electron chi connectivity index (χ3n) is 2.69. The van der Waals surface area contributed by atoms with Crippen molar-refractivity contribution in [2.45, 2.75) is 40.0 Å². The maximum atomic E-state index is 11.9. The lowest BCUT2D eigenvalue weighted by Gasteiger charge is -2.20. The number of carbonyl (C=O) groups is 1. The Morgan fingerprint density at radius 2 is 1.88 bits per heavy atom. The number of benzene rings is 1. The number of aryl methyl sites for hydroxylation is 1. The van der Waals surface area contributed by atoms with Crippen LogP contribution in [0.3, 0.4) is 0 Å². The molecule has 0 unspecified atom stereocenters. The average Bonchev–Trinajstić information content (AvgIpc) is 2.16. The summed E-state index contributed by atoms with van der Waals surface area (Å²) in [6, 6.07) is 6.14. The van der Waals surface area contributed by atoms with Gasteiger partial charge in [0.15, 0.2) is 5.78 Å². The Bertz CT molecular complexity index is 420. The molecule has 1 nitrogen and oxygen atoms in total. The molecule has 0 radical (unpaired) electrons. The Balaban J connectivity index is 3.24. The van der Waals surface area contributed by atoms with Gasteiger partial charge in [-0.25, -0.2) is 0 Å². The summed E-state index contributed by atoms with van der Waals surface area (Å²) in [5, 5.41) is 0. The molecule has 0 amide bonds. The fourth-order valence-electron chi connectivity index (χ4n) is 1.60. The van der Waals surface area contributed by atoms with Gasteiger partial charge in [0.05, 0.1) is 0 Å². The maximum Gasteiger partial charge on any atom is 0.185 e. The highest BCUT2D eigenvalue weighted by atomic mass is 16.1. The molecular formula is C15H20O. The van der Waals surface area contributed by atoms with Crippen molar-refractivity contribution < 1.29 is 4.79 Å². The van der Waals surface area contributed by atoms with Crippen LogP contribution in [0.15, 0.2) is 30.4 Å². The summed E-state index contributed by atoms with van der Waals surface area (Å²) in [7, 11) is 0. The molecule has 0 aliphatic heterocycles. The summed E-state index contributed by atoms with van der Waals surface area (Å²) in [4.78, 5) is 11.9. The summed E-state index contributed by atoms with van der Waals surface area (Å²) in [5.74, 6) is 0.0890. The van der Waals surface area contributed by atoms with E-state index in [1.54, 1.807) is 12.2 Å². The zero-order valence-electron chi connectivity index (χ0n) is 10.8. The van der Waals surface area contributed by atoms with E-state index in [9.17, 15) is 4.79 Å². The molecule has 0 aliphatic rings. The first-order valence-corrected chi connectivity index (χ1v) is 5.64. The van der Waals surface area contributed by atoms with Gasteiger partial charge in [-0.1, -0.05) is 39.0 Å². The number of hydrogen-bond donors (Lipinski definition) is 0. The molecule has 0 saturated heterocycles. The van der Waals surface area contributed by atoms with Gasteiger partial charge in [0.1, 0.15) is 0 Å². The lowest BCUT2D eigenvalue weighted by molar-refractivity contribution is 0.104. The van der Waals surface area contributed by atoms with Gasteiger partial charge in [-0.3, -0.25) is 4.79 Å². The highest BCUT2D eigenvalue weighted by Gasteiger charge is 2.16. The van der Waals surface area contributed by atoms with Crippen molar-refractivity contribution in [2.75, 3.05) is 0 Å². The first-order valence-electron chi connectivity index (χ1n) is 5.64. The van der Waals surface area contributed by atoms with Crippen LogP contribution < -0.4 is 0 Å². The second-order valence-electron chi connectivity index (χ2n) is 5.14. The molecule has 0 saturated carbocycles. The van der Waals surface area contributed by atoms with Crippen LogP contribution >= 0.6 is 0 Å². The Hall–Kier alpha value is -1.37. The second-order valence-corrected chi connectivity index (χ2v) is 5.14. The van der Waals surface area contributed by atoms with Crippen molar-refractivity contribution in [1.29, 1.82) is 0 Å². The van der Waals surface area contributed by atoms with Gasteiger partial charge in [0, 0.05) is 5.56 Å². The van der Waals surface area contributed by atoms with Gasteiger partial charge in [0.2, 0.25) is 0 Å². The van der Waals surface area contributed by atoms with Crippen molar-refractivity contribution in [3.05, 3.63) is 47.0 Å². The third-order valence-corrected chi connectivity index (χ3v) is 2.69. The van der Waals surface area contributed by atoms with E-state index in [4.69, 9.17) is 0 Å². The zero-order valence-corrected chi connectivity index (χ0v) is 10.8. The fourth-order valence-corrected chi connectivity index (χ4v) is 1.60. The van der Waals surface area contributed by atoms with Crippen molar-refractivity contribution in [3.8, 4) is 0 Å². The molecule has 16 heavy (non-hydrogen) atoms. The average molecular weight is 216 g/mol. The van der Waals surface area contributed by atoms with Crippen LogP contribution in [0, 0.1) is 6.92 Å². The largest absolute Gasteiger partial charge is 0.289 e. The molecule has 0 aliphatic carbocycles. The van der Waals surface area contributed by atoms with Crippen LogP contribution in [-0.4, -0.2) is 5.78 Å². The molecule has 86 valence electrons. The molecule has 0 fully saturated rings. The van der Waals surface area contributed by atoms with Crippen LogP contribution in [0.4, 0.5) is 0 Å². The predicted molar refractivity (Wildman–Crippen MR) is 69.0 cm³/mol. The third kappa shape index (κ3) is 2.82. The summed E-state index contributed by atoms with van der Waals surface area (Å²) < 4.78 is 0. The highest BCUT2D eigenvalue weighted by molar-refractivity contribution is 6.05. The number of ketones is 1. The summed E-state index contributed by atoms with van der Waals surface area (Å²) in [6.07, 6.45) is 3.40. The molecule has 0 N–H and O–H groups in total. The zero-order chi connectivity index (χ0) is 12.3. The van der Waals surface area contributed by atoms with Crippen LogP contribution in [-0.2, 0) is 5.41 Å². The van der Waals surface area contributed by atoms with Crippen LogP contribution in [0.5, 0.6) is 0 Å². The van der Waals surface area contributed by atoms with E-state index in [2.05, 4.69) is 26.8 Å². The smallest absolute Gasteiger partial charge is 0.185 e. The van der Waals surface area contributed by atoms with E-state index in [1.165, 1.54) is 5.56 Å². The molecular weight excluding hydrogens is 196 g/mol. The van der Waals surface area contributed by atoms with Gasteiger partial charge >= 0.3 is 0 Å². The molecule has 0 bridgehead atoms. The quantitative estimate of drug-likeness (QED) is 0.538. The highest BCUT2D eigenvalue weighted by Crippen LogP contribution is 2.24. The van der Waals surface area contributed by atoms with E-state index < -0.39 is 0 Å². The van der Waals surface area contributed by atoms with E-state index in [0.717, 1.165) is 11.1 Å². The van der Waals surface area contributed by atoms with Crippen LogP contribution in [0.2, 0.25) is 0 Å². The standard InChI is InChI=1S/C15H20O/c1-6-7-14(16)13-10-12(15(3,4)5)9-8-11(13)2/h6-10H,1-5H3/b7-6+. The van der Waals surface area contributed by atoms with Gasteiger partial charge in [-0.05, 0) is 42.5 Å². The Morgan fingerprint density at radius 1 is 1.25 bits per heavy atom. The molecule has 0 atom stereocenters. The van der Waals surface area contributed by atoms with E-state index in [0.29, 0.717) is 0 Å². The van der Waals surface area contributed by atoms with Gasteiger partial charge in [0.25, 0.3) is 0 Å². The first-order chi connectivity index (χ1) is 7.36. The number of carbonyl (C=O) groups excluding carboxylic acids is 1. The summed E-state index contributed by atoms with van der Waals surface area (Å²) in [6.45, 7) is 10.3. The maximum absolute atomic E-state index is 11.9. The minimum absolute atomic E-state index is 0.0820. The molecule has 1 aromatic rings. The van der Waals surface area contributed by atoms with Crippen LogP contribution in [0.25, 0.3) is 0 Å². The Labute approximate surface area is 98.2 Å². The Kier molecular flexibility index (Phi) is 3.69. The monoisotopic (exact) mass is 216 g/mol. The van der Waals surface area contributed by atoms with E-state index >= 15 is 0 Å². The fraction of sp³-hybridized carbons (Fsp3) is 0.400. The normalized spacial score (nSPS) is 12.1. The van der Waals surface area contributed by atoms with Gasteiger partial charge in [-0.15, -0.1) is 0 Å². The van der Waals surface area contributed by atoms with Crippen molar-refractivity contribution in [3.63, 3.8) is 0 Å². The molecule has 0 aromatic heterocycles. The molecule has 1 heteroatoms. The first kappa shape index (κ1) is 12.7. The van der Waals surface area contributed by atoms with E-state index in [-0.39, 0.29) is 11.2 Å². The minimum atomic E-state index is 0.0820. The van der Waals surface area contributed by atoms with Crippen molar-refractivity contribution >= 4 is 5.78 Å². The van der Waals surface area contributed by atoms with Gasteiger partial charge in [-0.2, -0.15) is 0 Å². The van der Waals surface area contributed by atoms with Crippen LogP contribution in [0.1, 0.15) is 49.2 Å².